The molecule has 0 atom stereocenters. The number of hydrogen-bond acceptors (Lipinski definition) is 2. The van der Waals surface area contributed by atoms with E-state index in [0.717, 1.165) is 13.0 Å². The van der Waals surface area contributed by atoms with Gasteiger partial charge in [0.25, 0.3) is 0 Å². The standard InChI is InChI=1S/C12H16FNO2/c1-3-6-14(2)8-9-7-10(13)4-5-11(9)12(15)16/h4-5,7H,3,6,8H2,1-2H3,(H,15,16). The Hall–Kier alpha value is -1.42. The molecule has 16 heavy (non-hydrogen) atoms. The Morgan fingerprint density at radius 2 is 2.19 bits per heavy atom. The normalized spacial score (nSPS) is 10.8. The Morgan fingerprint density at radius 1 is 1.50 bits per heavy atom. The summed E-state index contributed by atoms with van der Waals surface area (Å²) in [7, 11) is 1.89. The number of rotatable bonds is 5. The highest BCUT2D eigenvalue weighted by atomic mass is 19.1. The molecule has 3 nitrogen and oxygen atoms in total. The molecule has 0 aliphatic carbocycles. The van der Waals surface area contributed by atoms with Crippen molar-refractivity contribution in [1.29, 1.82) is 0 Å². The molecule has 0 fully saturated rings. The molecule has 0 radical (unpaired) electrons. The van der Waals surface area contributed by atoms with Gasteiger partial charge in [0, 0.05) is 6.54 Å². The third kappa shape index (κ3) is 3.31. The maximum atomic E-state index is 13.0. The van der Waals surface area contributed by atoms with Crippen molar-refractivity contribution in [2.75, 3.05) is 13.6 Å². The maximum Gasteiger partial charge on any atom is 0.336 e. The summed E-state index contributed by atoms with van der Waals surface area (Å²) in [5.41, 5.74) is 0.688. The molecule has 0 spiro atoms. The smallest absolute Gasteiger partial charge is 0.336 e. The highest BCUT2D eigenvalue weighted by Crippen LogP contribution is 2.13. The van der Waals surface area contributed by atoms with Gasteiger partial charge in [-0.15, -0.1) is 0 Å². The molecule has 1 aromatic rings. The van der Waals surface area contributed by atoms with Crippen molar-refractivity contribution in [2.45, 2.75) is 19.9 Å². The van der Waals surface area contributed by atoms with Crippen molar-refractivity contribution in [1.82, 2.24) is 4.90 Å². The lowest BCUT2D eigenvalue weighted by molar-refractivity contribution is 0.0694. The molecule has 0 amide bonds. The fraction of sp³-hybridized carbons (Fsp3) is 0.417. The lowest BCUT2D eigenvalue weighted by Crippen LogP contribution is -2.20. The summed E-state index contributed by atoms with van der Waals surface area (Å²) < 4.78 is 13.0. The van der Waals surface area contributed by atoms with E-state index in [0.29, 0.717) is 12.1 Å². The van der Waals surface area contributed by atoms with Gasteiger partial charge in [-0.1, -0.05) is 6.92 Å². The van der Waals surface area contributed by atoms with Crippen LogP contribution in [0.3, 0.4) is 0 Å². The van der Waals surface area contributed by atoms with Crippen LogP contribution in [0.4, 0.5) is 4.39 Å². The van der Waals surface area contributed by atoms with E-state index in [9.17, 15) is 9.18 Å². The van der Waals surface area contributed by atoms with Crippen molar-refractivity contribution in [3.05, 3.63) is 35.1 Å². The molecule has 0 aromatic heterocycles. The molecule has 0 aliphatic rings. The molecule has 0 saturated carbocycles. The lowest BCUT2D eigenvalue weighted by atomic mass is 10.1. The Bertz CT molecular complexity index is 379. The lowest BCUT2D eigenvalue weighted by Gasteiger charge is -2.16. The van der Waals surface area contributed by atoms with Crippen LogP contribution in [-0.2, 0) is 6.54 Å². The summed E-state index contributed by atoms with van der Waals surface area (Å²) in [6.45, 7) is 3.35. The van der Waals surface area contributed by atoms with Gasteiger partial charge in [-0.2, -0.15) is 0 Å². The first-order valence-electron chi connectivity index (χ1n) is 5.25. The third-order valence-electron chi connectivity index (χ3n) is 2.34. The first kappa shape index (κ1) is 12.6. The van der Waals surface area contributed by atoms with Gasteiger partial charge in [0.2, 0.25) is 0 Å². The fourth-order valence-electron chi connectivity index (χ4n) is 1.65. The van der Waals surface area contributed by atoms with Gasteiger partial charge in [0.1, 0.15) is 5.82 Å². The monoisotopic (exact) mass is 225 g/mol. The highest BCUT2D eigenvalue weighted by molar-refractivity contribution is 5.89. The molecular formula is C12H16FNO2. The molecule has 1 rings (SSSR count). The number of benzene rings is 1. The van der Waals surface area contributed by atoms with Gasteiger partial charge in [-0.3, -0.25) is 0 Å². The van der Waals surface area contributed by atoms with Gasteiger partial charge in [0.05, 0.1) is 5.56 Å². The average Bonchev–Trinajstić information content (AvgIpc) is 2.17. The zero-order valence-electron chi connectivity index (χ0n) is 9.53. The number of hydrogen-bond donors (Lipinski definition) is 1. The second kappa shape index (κ2) is 5.61. The van der Waals surface area contributed by atoms with Crippen LogP contribution in [0, 0.1) is 5.82 Å². The van der Waals surface area contributed by atoms with E-state index < -0.39 is 11.8 Å². The highest BCUT2D eigenvalue weighted by Gasteiger charge is 2.12. The van der Waals surface area contributed by atoms with Gasteiger partial charge in [-0.25, -0.2) is 9.18 Å². The van der Waals surface area contributed by atoms with E-state index in [4.69, 9.17) is 5.11 Å². The minimum atomic E-state index is -1.01. The zero-order chi connectivity index (χ0) is 12.1. The van der Waals surface area contributed by atoms with Gasteiger partial charge in [-0.05, 0) is 43.8 Å². The quantitative estimate of drug-likeness (QED) is 0.836. The SMILES string of the molecule is CCCN(C)Cc1cc(F)ccc1C(=O)O. The van der Waals surface area contributed by atoms with Crippen LogP contribution in [0.1, 0.15) is 29.3 Å². The van der Waals surface area contributed by atoms with E-state index in [-0.39, 0.29) is 5.56 Å². The van der Waals surface area contributed by atoms with Crippen molar-refractivity contribution < 1.29 is 14.3 Å². The van der Waals surface area contributed by atoms with E-state index in [1.165, 1.54) is 18.2 Å². The number of nitrogens with zero attached hydrogens (tertiary/aromatic N) is 1. The molecular weight excluding hydrogens is 209 g/mol. The number of aromatic carboxylic acids is 1. The molecule has 0 saturated heterocycles. The third-order valence-corrected chi connectivity index (χ3v) is 2.34. The van der Waals surface area contributed by atoms with Crippen molar-refractivity contribution in [2.24, 2.45) is 0 Å². The Balaban J connectivity index is 2.92. The number of carboxylic acids is 1. The van der Waals surface area contributed by atoms with Crippen LogP contribution in [-0.4, -0.2) is 29.6 Å². The summed E-state index contributed by atoms with van der Waals surface area (Å²) in [5.74, 6) is -1.41. The van der Waals surface area contributed by atoms with Crippen LogP contribution in [0.15, 0.2) is 18.2 Å². The second-order valence-corrected chi connectivity index (χ2v) is 3.84. The van der Waals surface area contributed by atoms with E-state index in [1.54, 1.807) is 0 Å². The maximum absolute atomic E-state index is 13.0. The average molecular weight is 225 g/mol. The van der Waals surface area contributed by atoms with E-state index >= 15 is 0 Å². The fourth-order valence-corrected chi connectivity index (χ4v) is 1.65. The van der Waals surface area contributed by atoms with Gasteiger partial charge < -0.3 is 10.0 Å². The minimum absolute atomic E-state index is 0.171. The van der Waals surface area contributed by atoms with E-state index in [2.05, 4.69) is 0 Å². The van der Waals surface area contributed by atoms with Crippen LogP contribution in [0.25, 0.3) is 0 Å². The van der Waals surface area contributed by atoms with Crippen LogP contribution in [0.2, 0.25) is 0 Å². The molecule has 1 N–H and O–H groups in total. The first-order chi connectivity index (χ1) is 7.54. The molecule has 4 heteroatoms. The van der Waals surface area contributed by atoms with Crippen LogP contribution < -0.4 is 0 Å². The predicted molar refractivity (Wildman–Crippen MR) is 60.0 cm³/mol. The summed E-state index contributed by atoms with van der Waals surface area (Å²) in [6, 6.07) is 3.77. The Morgan fingerprint density at radius 3 is 2.75 bits per heavy atom. The number of halogens is 1. The largest absolute Gasteiger partial charge is 0.478 e. The minimum Gasteiger partial charge on any atom is -0.478 e. The first-order valence-corrected chi connectivity index (χ1v) is 5.25. The molecule has 1 aromatic carbocycles. The molecule has 0 bridgehead atoms. The molecule has 0 heterocycles. The summed E-state index contributed by atoms with van der Waals surface area (Å²) in [6.07, 6.45) is 0.980. The number of carboxylic acid groups (broad SMARTS) is 1. The van der Waals surface area contributed by atoms with Crippen LogP contribution in [0.5, 0.6) is 0 Å². The van der Waals surface area contributed by atoms with Crippen LogP contribution >= 0.6 is 0 Å². The second-order valence-electron chi connectivity index (χ2n) is 3.84. The predicted octanol–water partition coefficient (Wildman–Crippen LogP) is 2.37. The Kier molecular flexibility index (Phi) is 4.43. The van der Waals surface area contributed by atoms with Crippen molar-refractivity contribution in [3.63, 3.8) is 0 Å². The summed E-state index contributed by atoms with van der Waals surface area (Å²) >= 11 is 0. The van der Waals surface area contributed by atoms with Crippen molar-refractivity contribution in [3.8, 4) is 0 Å². The zero-order valence-corrected chi connectivity index (χ0v) is 9.53. The Labute approximate surface area is 94.5 Å². The number of carbonyl (C=O) groups is 1. The summed E-state index contributed by atoms with van der Waals surface area (Å²) in [4.78, 5) is 12.9. The van der Waals surface area contributed by atoms with Gasteiger partial charge >= 0.3 is 5.97 Å². The molecule has 88 valence electrons. The van der Waals surface area contributed by atoms with Gasteiger partial charge in [0.15, 0.2) is 0 Å². The topological polar surface area (TPSA) is 40.5 Å². The van der Waals surface area contributed by atoms with Crippen molar-refractivity contribution >= 4 is 5.97 Å². The molecule has 0 aliphatic heterocycles. The van der Waals surface area contributed by atoms with E-state index in [1.807, 2.05) is 18.9 Å². The molecule has 0 unspecified atom stereocenters. The summed E-state index contributed by atoms with van der Waals surface area (Å²) in [5, 5.41) is 8.96.